The molecule has 0 bridgehead atoms. The third-order valence-corrected chi connectivity index (χ3v) is 6.43. The van der Waals surface area contributed by atoms with Gasteiger partial charge in [0.25, 0.3) is 0 Å². The van der Waals surface area contributed by atoms with Crippen molar-refractivity contribution in [2.75, 3.05) is 39.6 Å². The van der Waals surface area contributed by atoms with Crippen LogP contribution in [0, 0.1) is 5.82 Å². The summed E-state index contributed by atoms with van der Waals surface area (Å²) in [5.41, 5.74) is -0.759. The summed E-state index contributed by atoms with van der Waals surface area (Å²) in [6.45, 7) is 3.95. The molecular weight excluding hydrogens is 337 g/mol. The first-order chi connectivity index (χ1) is 11.5. The first kappa shape index (κ1) is 17.8. The molecule has 1 aromatic rings. The minimum absolute atomic E-state index is 0.0444. The first-order valence-electron chi connectivity index (χ1n) is 8.03. The lowest BCUT2D eigenvalue weighted by atomic mass is 9.96. The lowest BCUT2D eigenvalue weighted by Gasteiger charge is -2.42. The van der Waals surface area contributed by atoms with E-state index >= 15 is 0 Å². The Morgan fingerprint density at radius 1 is 1.42 bits per heavy atom. The largest absolute Gasteiger partial charge is 0.379 e. The quantitative estimate of drug-likeness (QED) is 0.795. The molecule has 2 aliphatic heterocycles. The van der Waals surface area contributed by atoms with Crippen LogP contribution in [0.1, 0.15) is 13.3 Å². The van der Waals surface area contributed by atoms with Crippen LogP contribution in [0.2, 0.25) is 0 Å². The maximum atomic E-state index is 13.5. The van der Waals surface area contributed by atoms with Crippen molar-refractivity contribution in [3.63, 3.8) is 0 Å². The Balaban J connectivity index is 1.87. The maximum Gasteiger partial charge on any atom is 0.243 e. The summed E-state index contributed by atoms with van der Waals surface area (Å²) >= 11 is 0. The van der Waals surface area contributed by atoms with Gasteiger partial charge in [-0.25, -0.2) is 12.8 Å². The van der Waals surface area contributed by atoms with Crippen molar-refractivity contribution in [3.05, 3.63) is 30.1 Å². The van der Waals surface area contributed by atoms with Gasteiger partial charge in [-0.05, 0) is 31.5 Å². The van der Waals surface area contributed by atoms with Gasteiger partial charge in [0.1, 0.15) is 5.82 Å². The third-order valence-electron chi connectivity index (χ3n) is 4.43. The van der Waals surface area contributed by atoms with Crippen LogP contribution in [0.3, 0.4) is 0 Å². The van der Waals surface area contributed by atoms with Crippen molar-refractivity contribution in [2.24, 2.45) is 0 Å². The number of benzene rings is 1. The molecule has 2 saturated heterocycles. The van der Waals surface area contributed by atoms with Gasteiger partial charge < -0.3 is 14.2 Å². The molecule has 134 valence electrons. The van der Waals surface area contributed by atoms with Crippen molar-refractivity contribution >= 4 is 10.0 Å². The fraction of sp³-hybridized carbons (Fsp3) is 0.625. The van der Waals surface area contributed by atoms with E-state index in [1.807, 2.05) is 6.92 Å². The molecule has 2 fully saturated rings. The minimum atomic E-state index is -3.83. The summed E-state index contributed by atoms with van der Waals surface area (Å²) in [5, 5.41) is 0. The molecule has 0 amide bonds. The van der Waals surface area contributed by atoms with Gasteiger partial charge in [0.2, 0.25) is 10.0 Å². The second kappa shape index (κ2) is 7.05. The zero-order chi connectivity index (χ0) is 17.2. The molecule has 1 aromatic carbocycles. The maximum absolute atomic E-state index is 13.5. The fourth-order valence-electron chi connectivity index (χ4n) is 3.29. The lowest BCUT2D eigenvalue weighted by molar-refractivity contribution is -0.0315. The van der Waals surface area contributed by atoms with Crippen LogP contribution in [0.15, 0.2) is 29.2 Å². The van der Waals surface area contributed by atoms with Gasteiger partial charge in [-0.3, -0.25) is 0 Å². The highest BCUT2D eigenvalue weighted by Crippen LogP contribution is 2.37. The van der Waals surface area contributed by atoms with Crippen molar-refractivity contribution in [1.82, 2.24) is 4.31 Å². The lowest BCUT2D eigenvalue weighted by Crippen LogP contribution is -2.59. The summed E-state index contributed by atoms with van der Waals surface area (Å²) in [6, 6.07) is 5.09. The van der Waals surface area contributed by atoms with Gasteiger partial charge in [-0.1, -0.05) is 6.07 Å². The number of halogens is 1. The van der Waals surface area contributed by atoms with Crippen LogP contribution in [0.4, 0.5) is 4.39 Å². The molecule has 2 heterocycles. The van der Waals surface area contributed by atoms with Gasteiger partial charge in [0, 0.05) is 13.2 Å². The highest BCUT2D eigenvalue weighted by Gasteiger charge is 2.51. The summed E-state index contributed by atoms with van der Waals surface area (Å²) in [5.74, 6) is -0.574. The number of nitrogens with zero attached hydrogens (tertiary/aromatic N) is 1. The average Bonchev–Trinajstić information content (AvgIpc) is 2.96. The molecule has 0 unspecified atom stereocenters. The van der Waals surface area contributed by atoms with Crippen LogP contribution >= 0.6 is 0 Å². The van der Waals surface area contributed by atoms with Crippen molar-refractivity contribution < 1.29 is 27.0 Å². The van der Waals surface area contributed by atoms with Crippen LogP contribution in [-0.4, -0.2) is 63.9 Å². The number of rotatable bonds is 5. The number of hydrogen-bond donors (Lipinski definition) is 0. The molecule has 1 spiro atoms. The molecule has 8 heteroatoms. The zero-order valence-electron chi connectivity index (χ0n) is 13.6. The summed E-state index contributed by atoms with van der Waals surface area (Å²) < 4.78 is 57.7. The van der Waals surface area contributed by atoms with E-state index in [1.54, 1.807) is 0 Å². The van der Waals surface area contributed by atoms with Gasteiger partial charge in [-0.2, -0.15) is 4.31 Å². The predicted molar refractivity (Wildman–Crippen MR) is 84.7 cm³/mol. The molecule has 0 saturated carbocycles. The standard InChI is InChI=1S/C16H22FNO5S/c1-2-21-10-14-9-16(12-23-14)11-22-7-6-18(16)24(19,20)15-5-3-4-13(17)8-15/h3-5,8,14H,2,6-7,9-12H2,1H3/t14-,16-/m0/s1. The number of morpholine rings is 1. The second-order valence-corrected chi connectivity index (χ2v) is 7.97. The Bertz CT molecular complexity index is 683. The molecule has 6 nitrogen and oxygen atoms in total. The summed E-state index contributed by atoms with van der Waals surface area (Å²) in [4.78, 5) is -0.0444. The van der Waals surface area contributed by atoms with E-state index in [0.29, 0.717) is 26.2 Å². The molecule has 0 radical (unpaired) electrons. The molecule has 2 atom stereocenters. The molecule has 3 rings (SSSR count). The van der Waals surface area contributed by atoms with Gasteiger partial charge in [0.15, 0.2) is 0 Å². The van der Waals surface area contributed by atoms with E-state index in [-0.39, 0.29) is 30.8 Å². The van der Waals surface area contributed by atoms with Crippen LogP contribution in [0.25, 0.3) is 0 Å². The molecule has 2 aliphatic rings. The second-order valence-electron chi connectivity index (χ2n) is 6.11. The smallest absolute Gasteiger partial charge is 0.243 e. The average molecular weight is 359 g/mol. The molecule has 0 N–H and O–H groups in total. The van der Waals surface area contributed by atoms with E-state index in [1.165, 1.54) is 22.5 Å². The Morgan fingerprint density at radius 3 is 3.00 bits per heavy atom. The Kier molecular flexibility index (Phi) is 5.22. The van der Waals surface area contributed by atoms with Gasteiger partial charge in [-0.15, -0.1) is 0 Å². The molecule has 0 aromatic heterocycles. The Morgan fingerprint density at radius 2 is 2.25 bits per heavy atom. The van der Waals surface area contributed by atoms with Crippen LogP contribution in [-0.2, 0) is 24.2 Å². The van der Waals surface area contributed by atoms with E-state index in [9.17, 15) is 12.8 Å². The fourth-order valence-corrected chi connectivity index (χ4v) is 5.07. The number of hydrogen-bond acceptors (Lipinski definition) is 5. The van der Waals surface area contributed by atoms with E-state index in [2.05, 4.69) is 0 Å². The van der Waals surface area contributed by atoms with Gasteiger partial charge >= 0.3 is 0 Å². The SMILES string of the molecule is CCOC[C@@H]1C[C@]2(COCCN2S(=O)(=O)c2cccc(F)c2)CO1. The summed E-state index contributed by atoms with van der Waals surface area (Å²) in [7, 11) is -3.83. The van der Waals surface area contributed by atoms with Crippen LogP contribution < -0.4 is 0 Å². The molecule has 24 heavy (non-hydrogen) atoms. The van der Waals surface area contributed by atoms with E-state index < -0.39 is 21.4 Å². The normalized spacial score (nSPS) is 28.5. The van der Waals surface area contributed by atoms with Crippen LogP contribution in [0.5, 0.6) is 0 Å². The Hall–Kier alpha value is -1.06. The highest BCUT2D eigenvalue weighted by molar-refractivity contribution is 7.89. The predicted octanol–water partition coefficient (Wildman–Crippen LogP) is 1.41. The first-order valence-corrected chi connectivity index (χ1v) is 9.47. The minimum Gasteiger partial charge on any atom is -0.379 e. The number of sulfonamides is 1. The van der Waals surface area contributed by atoms with Gasteiger partial charge in [0.05, 0.1) is 43.0 Å². The molecular formula is C16H22FNO5S. The highest BCUT2D eigenvalue weighted by atomic mass is 32.2. The monoisotopic (exact) mass is 359 g/mol. The van der Waals surface area contributed by atoms with Crippen molar-refractivity contribution in [1.29, 1.82) is 0 Å². The Labute approximate surface area is 141 Å². The van der Waals surface area contributed by atoms with E-state index in [0.717, 1.165) is 6.07 Å². The van der Waals surface area contributed by atoms with Crippen molar-refractivity contribution in [3.8, 4) is 0 Å². The number of ether oxygens (including phenoxy) is 3. The van der Waals surface area contributed by atoms with Crippen molar-refractivity contribution in [2.45, 2.75) is 29.9 Å². The molecule has 0 aliphatic carbocycles. The topological polar surface area (TPSA) is 65.1 Å². The third kappa shape index (κ3) is 3.34. The zero-order valence-corrected chi connectivity index (χ0v) is 14.4. The summed E-state index contributed by atoms with van der Waals surface area (Å²) in [6.07, 6.45) is 0.332. The van der Waals surface area contributed by atoms with E-state index in [4.69, 9.17) is 14.2 Å².